The number of ether oxygens (including phenoxy) is 1. The van der Waals surface area contributed by atoms with Gasteiger partial charge in [-0.3, -0.25) is 5.10 Å². The van der Waals surface area contributed by atoms with E-state index in [4.69, 9.17) is 9.94 Å². The van der Waals surface area contributed by atoms with E-state index in [2.05, 4.69) is 15.4 Å². The van der Waals surface area contributed by atoms with Crippen LogP contribution in [0.1, 0.15) is 23.1 Å². The highest BCUT2D eigenvalue weighted by atomic mass is 16.5. The zero-order chi connectivity index (χ0) is 9.68. The third-order valence-corrected chi connectivity index (χ3v) is 1.28. The van der Waals surface area contributed by atoms with Gasteiger partial charge in [0.05, 0.1) is 18.5 Å². The molecular formula is C7H9N3O3. The first-order chi connectivity index (χ1) is 6.27. The quantitative estimate of drug-likeness (QED) is 0.307. The van der Waals surface area contributed by atoms with E-state index >= 15 is 0 Å². The highest BCUT2D eigenvalue weighted by molar-refractivity contribution is 5.89. The zero-order valence-corrected chi connectivity index (χ0v) is 7.02. The Bertz CT molecular complexity index is 319. The molecule has 0 aromatic carbocycles. The van der Waals surface area contributed by atoms with Crippen molar-refractivity contribution in [1.82, 2.24) is 10.2 Å². The Morgan fingerprint density at radius 2 is 2.69 bits per heavy atom. The predicted octanol–water partition coefficient (Wildman–Crippen LogP) is 0.394. The van der Waals surface area contributed by atoms with Crippen molar-refractivity contribution < 1.29 is 14.7 Å². The lowest BCUT2D eigenvalue weighted by Crippen LogP contribution is -2.04. The van der Waals surface area contributed by atoms with E-state index < -0.39 is 5.97 Å². The Balaban J connectivity index is 2.73. The number of hydrogen-bond acceptors (Lipinski definition) is 5. The van der Waals surface area contributed by atoms with E-state index in [0.717, 1.165) is 6.21 Å². The number of aromatic nitrogens is 2. The van der Waals surface area contributed by atoms with Crippen molar-refractivity contribution >= 4 is 12.2 Å². The minimum Gasteiger partial charge on any atom is -0.461 e. The van der Waals surface area contributed by atoms with Crippen LogP contribution in [0.2, 0.25) is 0 Å². The third kappa shape index (κ3) is 2.29. The molecule has 2 N–H and O–H groups in total. The Morgan fingerprint density at radius 1 is 1.92 bits per heavy atom. The minimum absolute atomic E-state index is 0.164. The maximum Gasteiger partial charge on any atom is 0.358 e. The van der Waals surface area contributed by atoms with Crippen molar-refractivity contribution in [2.45, 2.75) is 6.92 Å². The number of carbonyl (C=O) groups excluding carboxylic acids is 1. The number of oxime groups is 1. The summed E-state index contributed by atoms with van der Waals surface area (Å²) in [6.45, 7) is 2.01. The lowest BCUT2D eigenvalue weighted by Gasteiger charge is -1.94. The van der Waals surface area contributed by atoms with Crippen molar-refractivity contribution in [2.24, 2.45) is 5.16 Å². The Hall–Kier alpha value is -1.85. The van der Waals surface area contributed by atoms with Gasteiger partial charge in [-0.25, -0.2) is 4.79 Å². The molecule has 0 aliphatic rings. The van der Waals surface area contributed by atoms with Gasteiger partial charge in [0, 0.05) is 0 Å². The number of nitrogens with one attached hydrogen (secondary N) is 1. The molecule has 0 atom stereocenters. The van der Waals surface area contributed by atoms with Crippen LogP contribution in [-0.2, 0) is 4.74 Å². The van der Waals surface area contributed by atoms with Gasteiger partial charge in [-0.2, -0.15) is 5.10 Å². The average molecular weight is 183 g/mol. The van der Waals surface area contributed by atoms with E-state index in [1.807, 2.05) is 0 Å². The molecule has 0 bridgehead atoms. The summed E-state index contributed by atoms with van der Waals surface area (Å²) in [5.41, 5.74) is 0.599. The van der Waals surface area contributed by atoms with Crippen molar-refractivity contribution in [3.05, 3.63) is 17.5 Å². The van der Waals surface area contributed by atoms with Crippen LogP contribution in [0, 0.1) is 0 Å². The second kappa shape index (κ2) is 4.24. The van der Waals surface area contributed by atoms with E-state index in [1.165, 1.54) is 6.07 Å². The van der Waals surface area contributed by atoms with Crippen molar-refractivity contribution in [2.75, 3.05) is 6.61 Å². The van der Waals surface area contributed by atoms with E-state index in [-0.39, 0.29) is 5.69 Å². The third-order valence-electron chi connectivity index (χ3n) is 1.28. The number of aromatic amines is 1. The molecule has 0 aliphatic heterocycles. The number of rotatable bonds is 3. The summed E-state index contributed by atoms with van der Waals surface area (Å²) in [5.74, 6) is -0.503. The molecule has 0 aliphatic carbocycles. The number of carbonyl (C=O) groups is 1. The summed E-state index contributed by atoms with van der Waals surface area (Å²) in [5, 5.41) is 17.1. The van der Waals surface area contributed by atoms with Gasteiger partial charge in [-0.15, -0.1) is 0 Å². The first-order valence-electron chi connectivity index (χ1n) is 3.68. The molecule has 1 heterocycles. The smallest absolute Gasteiger partial charge is 0.358 e. The fraction of sp³-hybridized carbons (Fsp3) is 0.286. The fourth-order valence-corrected chi connectivity index (χ4v) is 0.775. The van der Waals surface area contributed by atoms with Gasteiger partial charge >= 0.3 is 5.97 Å². The lowest BCUT2D eigenvalue weighted by molar-refractivity contribution is 0.0519. The van der Waals surface area contributed by atoms with Crippen LogP contribution >= 0.6 is 0 Å². The van der Waals surface area contributed by atoms with Crippen LogP contribution in [0.15, 0.2) is 11.2 Å². The maximum absolute atomic E-state index is 11.1. The number of esters is 1. The molecular weight excluding hydrogens is 174 g/mol. The summed E-state index contributed by atoms with van der Waals surface area (Å²) < 4.78 is 4.69. The van der Waals surface area contributed by atoms with E-state index in [0.29, 0.717) is 12.3 Å². The molecule has 0 saturated heterocycles. The zero-order valence-electron chi connectivity index (χ0n) is 7.02. The van der Waals surface area contributed by atoms with Crippen molar-refractivity contribution in [3.63, 3.8) is 0 Å². The normalized spacial score (nSPS) is 10.5. The Labute approximate surface area is 74.2 Å². The SMILES string of the molecule is CCOC(=O)c1cc(/C=N/O)[nH]n1. The van der Waals surface area contributed by atoms with E-state index in [9.17, 15) is 4.79 Å². The molecule has 0 saturated carbocycles. The average Bonchev–Trinajstić information content (AvgIpc) is 2.54. The topological polar surface area (TPSA) is 87.6 Å². The highest BCUT2D eigenvalue weighted by Gasteiger charge is 2.09. The van der Waals surface area contributed by atoms with Gasteiger partial charge in [-0.05, 0) is 13.0 Å². The molecule has 1 aromatic heterocycles. The van der Waals surface area contributed by atoms with Crippen LogP contribution in [0.5, 0.6) is 0 Å². The molecule has 13 heavy (non-hydrogen) atoms. The second-order valence-electron chi connectivity index (χ2n) is 2.17. The Morgan fingerprint density at radius 3 is 3.31 bits per heavy atom. The van der Waals surface area contributed by atoms with E-state index in [1.54, 1.807) is 6.92 Å². The highest BCUT2D eigenvalue weighted by Crippen LogP contribution is 1.99. The van der Waals surface area contributed by atoms with Gasteiger partial charge in [0.2, 0.25) is 0 Å². The Kier molecular flexibility index (Phi) is 3.02. The number of H-pyrrole nitrogens is 1. The molecule has 0 unspecified atom stereocenters. The van der Waals surface area contributed by atoms with Crippen LogP contribution in [-0.4, -0.2) is 34.2 Å². The van der Waals surface area contributed by atoms with Crippen molar-refractivity contribution in [1.29, 1.82) is 0 Å². The largest absolute Gasteiger partial charge is 0.461 e. The maximum atomic E-state index is 11.1. The molecule has 1 rings (SSSR count). The van der Waals surface area contributed by atoms with Gasteiger partial charge in [0.1, 0.15) is 0 Å². The van der Waals surface area contributed by atoms with Crippen LogP contribution < -0.4 is 0 Å². The molecule has 0 amide bonds. The minimum atomic E-state index is -0.503. The summed E-state index contributed by atoms with van der Waals surface area (Å²) in [4.78, 5) is 11.1. The molecule has 6 nitrogen and oxygen atoms in total. The van der Waals surface area contributed by atoms with Gasteiger partial charge in [0.15, 0.2) is 5.69 Å². The van der Waals surface area contributed by atoms with Gasteiger partial charge in [-0.1, -0.05) is 5.16 Å². The summed E-state index contributed by atoms with van der Waals surface area (Å²) in [6, 6.07) is 1.43. The van der Waals surface area contributed by atoms with Gasteiger partial charge in [0.25, 0.3) is 0 Å². The first-order valence-corrected chi connectivity index (χ1v) is 3.68. The molecule has 0 radical (unpaired) electrons. The molecule has 0 fully saturated rings. The standard InChI is InChI=1S/C7H9N3O3/c1-2-13-7(11)6-3-5(4-8-12)9-10-6/h3-4,12H,2H2,1H3,(H,9,10)/b8-4+. The van der Waals surface area contributed by atoms with Gasteiger partial charge < -0.3 is 9.94 Å². The summed E-state index contributed by atoms with van der Waals surface area (Å²) in [7, 11) is 0. The second-order valence-corrected chi connectivity index (χ2v) is 2.17. The van der Waals surface area contributed by atoms with Crippen LogP contribution in [0.3, 0.4) is 0 Å². The fourth-order valence-electron chi connectivity index (χ4n) is 0.775. The number of nitrogens with zero attached hydrogens (tertiary/aromatic N) is 2. The molecule has 1 aromatic rings. The summed E-state index contributed by atoms with van der Waals surface area (Å²) in [6.07, 6.45) is 1.13. The monoisotopic (exact) mass is 183 g/mol. The molecule has 70 valence electrons. The lowest BCUT2D eigenvalue weighted by atomic mass is 10.4. The van der Waals surface area contributed by atoms with Crippen LogP contribution in [0.25, 0.3) is 0 Å². The molecule has 6 heteroatoms. The predicted molar refractivity (Wildman–Crippen MR) is 43.9 cm³/mol. The number of hydrogen-bond donors (Lipinski definition) is 2. The van der Waals surface area contributed by atoms with Crippen molar-refractivity contribution in [3.8, 4) is 0 Å². The first kappa shape index (κ1) is 9.24. The molecule has 0 spiro atoms. The summed E-state index contributed by atoms with van der Waals surface area (Å²) >= 11 is 0. The van der Waals surface area contributed by atoms with Crippen LogP contribution in [0.4, 0.5) is 0 Å².